The number of halogens is 3. The van der Waals surface area contributed by atoms with E-state index in [-0.39, 0.29) is 11.7 Å². The van der Waals surface area contributed by atoms with E-state index in [1.165, 1.54) is 12.8 Å². The fourth-order valence-corrected chi connectivity index (χ4v) is 5.04. The number of amides is 2. The van der Waals surface area contributed by atoms with Gasteiger partial charge in [-0.2, -0.15) is 0 Å². The van der Waals surface area contributed by atoms with Crippen LogP contribution in [0.2, 0.25) is 0 Å². The number of ether oxygens (including phenoxy) is 2. The first-order chi connectivity index (χ1) is 16.2. The Morgan fingerprint density at radius 1 is 0.971 bits per heavy atom. The zero-order valence-electron chi connectivity index (χ0n) is 18.8. The van der Waals surface area contributed by atoms with E-state index < -0.39 is 11.8 Å². The molecule has 0 aliphatic carbocycles. The Labute approximate surface area is 230 Å². The summed E-state index contributed by atoms with van der Waals surface area (Å²) in [5.41, 5.74) is 6.14. The third-order valence-corrected chi connectivity index (χ3v) is 6.40. The van der Waals surface area contributed by atoms with Gasteiger partial charge in [-0.25, -0.2) is 0 Å². The Bertz CT molecular complexity index is 1010. The summed E-state index contributed by atoms with van der Waals surface area (Å²) in [7, 11) is 0. The van der Waals surface area contributed by atoms with Crippen molar-refractivity contribution in [1.82, 2.24) is 16.2 Å². The molecule has 11 heteroatoms. The number of unbranched alkanes of at least 4 members (excludes halogenated alkanes) is 3. The van der Waals surface area contributed by atoms with E-state index in [1.807, 2.05) is 19.1 Å². The highest BCUT2D eigenvalue weighted by atomic mass is 79.9. The average Bonchev–Trinajstić information content (AvgIpc) is 2.77. The number of thiocarbonyl (C=S) groups is 1. The van der Waals surface area contributed by atoms with Gasteiger partial charge in [-0.3, -0.25) is 25.8 Å². The van der Waals surface area contributed by atoms with E-state index in [1.54, 1.807) is 18.2 Å². The molecule has 34 heavy (non-hydrogen) atoms. The van der Waals surface area contributed by atoms with Crippen molar-refractivity contribution in [1.29, 1.82) is 0 Å². The van der Waals surface area contributed by atoms with Crippen LogP contribution in [0.4, 0.5) is 0 Å². The summed E-state index contributed by atoms with van der Waals surface area (Å²) in [5.74, 6) is 0.350. The van der Waals surface area contributed by atoms with E-state index >= 15 is 0 Å². The molecule has 0 aliphatic heterocycles. The Kier molecular flexibility index (Phi) is 12.3. The van der Waals surface area contributed by atoms with Gasteiger partial charge in [0.05, 0.1) is 15.6 Å². The second-order valence-corrected chi connectivity index (χ2v) is 10.4. The van der Waals surface area contributed by atoms with Gasteiger partial charge in [-0.05, 0) is 93.3 Å². The number of aryl methyl sites for hydroxylation is 1. The lowest BCUT2D eigenvalue weighted by Gasteiger charge is -2.14. The summed E-state index contributed by atoms with van der Waals surface area (Å²) in [4.78, 5) is 24.5. The molecule has 0 spiro atoms. The molecule has 7 nitrogen and oxygen atoms in total. The van der Waals surface area contributed by atoms with Crippen molar-refractivity contribution in [3.8, 4) is 11.5 Å². The third-order valence-electron chi connectivity index (χ3n) is 4.53. The van der Waals surface area contributed by atoms with Crippen LogP contribution in [0.15, 0.2) is 43.7 Å². The van der Waals surface area contributed by atoms with Gasteiger partial charge >= 0.3 is 0 Å². The van der Waals surface area contributed by atoms with Gasteiger partial charge in [0.2, 0.25) is 0 Å². The van der Waals surface area contributed by atoms with Gasteiger partial charge in [0, 0.05) is 10.0 Å². The monoisotopic (exact) mass is 677 g/mol. The molecular formula is C23H26Br3N3O4S. The normalized spacial score (nSPS) is 10.4. The topological polar surface area (TPSA) is 88.7 Å². The van der Waals surface area contributed by atoms with Crippen LogP contribution in [-0.4, -0.2) is 30.1 Å². The largest absolute Gasteiger partial charge is 0.492 e. The molecule has 2 aromatic carbocycles. The predicted molar refractivity (Wildman–Crippen MR) is 147 cm³/mol. The average molecular weight is 680 g/mol. The predicted octanol–water partition coefficient (Wildman–Crippen LogP) is 5.96. The molecule has 0 aromatic heterocycles. The number of carbonyl (C=O) groups excluding carboxylic acids is 2. The molecule has 0 atom stereocenters. The molecule has 2 rings (SSSR count). The quantitative estimate of drug-likeness (QED) is 0.163. The molecule has 0 fully saturated rings. The molecule has 0 radical (unpaired) electrons. The highest BCUT2D eigenvalue weighted by Gasteiger charge is 2.13. The highest BCUT2D eigenvalue weighted by molar-refractivity contribution is 9.11. The minimum absolute atomic E-state index is 0.0493. The molecule has 184 valence electrons. The van der Waals surface area contributed by atoms with Gasteiger partial charge in [0.25, 0.3) is 11.8 Å². The molecule has 0 bridgehead atoms. The molecule has 0 saturated heterocycles. The lowest BCUT2D eigenvalue weighted by molar-refractivity contribution is -0.123. The SMILES string of the molecule is CCCCCCOc1ccc(C(=O)NC(=S)NNC(=O)COc2c(C)cc(Br)cc2Br)cc1Br. The van der Waals surface area contributed by atoms with Crippen LogP contribution in [0, 0.1) is 6.92 Å². The summed E-state index contributed by atoms with van der Waals surface area (Å²) in [6, 6.07) is 8.75. The van der Waals surface area contributed by atoms with Crippen LogP contribution in [0.5, 0.6) is 11.5 Å². The van der Waals surface area contributed by atoms with Gasteiger partial charge in [0.1, 0.15) is 11.5 Å². The Morgan fingerprint density at radius 3 is 2.41 bits per heavy atom. The summed E-state index contributed by atoms with van der Waals surface area (Å²) in [5, 5.41) is 2.47. The van der Waals surface area contributed by atoms with E-state index in [0.717, 1.165) is 27.4 Å². The third kappa shape index (κ3) is 9.52. The van der Waals surface area contributed by atoms with Crippen molar-refractivity contribution in [2.24, 2.45) is 0 Å². The summed E-state index contributed by atoms with van der Waals surface area (Å²) >= 11 is 15.3. The fraction of sp³-hybridized carbons (Fsp3) is 0.348. The molecule has 0 aliphatic rings. The van der Waals surface area contributed by atoms with Crippen LogP contribution in [0.3, 0.4) is 0 Å². The van der Waals surface area contributed by atoms with Crippen molar-refractivity contribution in [3.05, 3.63) is 54.9 Å². The van der Waals surface area contributed by atoms with E-state index in [0.29, 0.717) is 28.1 Å². The van der Waals surface area contributed by atoms with Crippen LogP contribution >= 0.6 is 60.0 Å². The van der Waals surface area contributed by atoms with Crippen LogP contribution in [-0.2, 0) is 4.79 Å². The molecular weight excluding hydrogens is 654 g/mol. The maximum Gasteiger partial charge on any atom is 0.276 e. The number of rotatable bonds is 10. The molecule has 2 aromatic rings. The maximum atomic E-state index is 12.5. The molecule has 3 N–H and O–H groups in total. The number of carbonyl (C=O) groups is 2. The maximum absolute atomic E-state index is 12.5. The first-order valence-corrected chi connectivity index (χ1v) is 13.4. The second-order valence-electron chi connectivity index (χ2n) is 7.33. The summed E-state index contributed by atoms with van der Waals surface area (Å²) in [6.45, 7) is 4.42. The first kappa shape index (κ1) is 28.5. The van der Waals surface area contributed by atoms with E-state index in [9.17, 15) is 9.59 Å². The Morgan fingerprint density at radius 2 is 1.74 bits per heavy atom. The first-order valence-electron chi connectivity index (χ1n) is 10.6. The molecule has 0 heterocycles. The van der Waals surface area contributed by atoms with Gasteiger partial charge in [-0.15, -0.1) is 0 Å². The number of hydrazine groups is 1. The molecule has 0 unspecified atom stereocenters. The van der Waals surface area contributed by atoms with Gasteiger partial charge < -0.3 is 9.47 Å². The van der Waals surface area contributed by atoms with Crippen molar-refractivity contribution in [2.75, 3.05) is 13.2 Å². The Hall–Kier alpha value is -1.69. The lowest BCUT2D eigenvalue weighted by atomic mass is 10.2. The number of hydrogen-bond acceptors (Lipinski definition) is 5. The summed E-state index contributed by atoms with van der Waals surface area (Å²) in [6.07, 6.45) is 4.47. The van der Waals surface area contributed by atoms with Crippen LogP contribution < -0.4 is 25.6 Å². The molecule has 0 saturated carbocycles. The Balaban J connectivity index is 1.77. The van der Waals surface area contributed by atoms with E-state index in [4.69, 9.17) is 21.7 Å². The smallest absolute Gasteiger partial charge is 0.276 e. The number of hydrogen-bond donors (Lipinski definition) is 3. The molecule has 2 amide bonds. The van der Waals surface area contributed by atoms with Crippen molar-refractivity contribution >= 4 is 76.9 Å². The van der Waals surface area contributed by atoms with Crippen molar-refractivity contribution < 1.29 is 19.1 Å². The van der Waals surface area contributed by atoms with Crippen molar-refractivity contribution in [2.45, 2.75) is 39.5 Å². The minimum Gasteiger partial charge on any atom is -0.492 e. The van der Waals surface area contributed by atoms with Crippen molar-refractivity contribution in [3.63, 3.8) is 0 Å². The zero-order chi connectivity index (χ0) is 25.1. The van der Waals surface area contributed by atoms with Gasteiger partial charge in [0.15, 0.2) is 11.7 Å². The highest BCUT2D eigenvalue weighted by Crippen LogP contribution is 2.32. The second kappa shape index (κ2) is 14.7. The number of nitrogens with one attached hydrogen (secondary N) is 3. The van der Waals surface area contributed by atoms with Gasteiger partial charge in [-0.1, -0.05) is 42.1 Å². The number of benzene rings is 2. The summed E-state index contributed by atoms with van der Waals surface area (Å²) < 4.78 is 13.6. The lowest BCUT2D eigenvalue weighted by Crippen LogP contribution is -2.49. The van der Waals surface area contributed by atoms with Crippen LogP contribution in [0.1, 0.15) is 48.5 Å². The zero-order valence-corrected chi connectivity index (χ0v) is 24.4. The standard InChI is InChI=1S/C23H26Br3N3O4S/c1-3-4-5-6-9-32-19-8-7-15(11-17(19)25)22(31)27-23(34)29-28-20(30)13-33-21-14(2)10-16(24)12-18(21)26/h7-8,10-12H,3-6,9,13H2,1-2H3,(H,28,30)(H2,27,29,31,34). The minimum atomic E-state index is -0.464. The van der Waals surface area contributed by atoms with E-state index in [2.05, 4.69) is 70.9 Å². The van der Waals surface area contributed by atoms with Crippen LogP contribution in [0.25, 0.3) is 0 Å². The fourth-order valence-electron chi connectivity index (χ4n) is 2.85.